The van der Waals surface area contributed by atoms with Gasteiger partial charge < -0.3 is 4.90 Å². The van der Waals surface area contributed by atoms with Gasteiger partial charge in [0, 0.05) is 43.6 Å². The summed E-state index contributed by atoms with van der Waals surface area (Å²) in [5.74, 6) is -0.137. The molecule has 1 saturated carbocycles. The molecule has 0 saturated heterocycles. The van der Waals surface area contributed by atoms with Crippen molar-refractivity contribution < 1.29 is 13.2 Å². The van der Waals surface area contributed by atoms with Crippen molar-refractivity contribution in [1.82, 2.24) is 14.2 Å². The number of hydrogen-bond acceptors (Lipinski definition) is 4. The second-order valence-electron chi connectivity index (χ2n) is 7.10. The molecule has 7 heteroatoms. The van der Waals surface area contributed by atoms with Gasteiger partial charge in [0.05, 0.1) is 4.90 Å². The monoisotopic (exact) mass is 401 g/mol. The van der Waals surface area contributed by atoms with Crippen LogP contribution in [0.3, 0.4) is 0 Å². The number of hydrogen-bond donors (Lipinski definition) is 0. The summed E-state index contributed by atoms with van der Waals surface area (Å²) in [5.41, 5.74) is 2.02. The lowest BCUT2D eigenvalue weighted by Gasteiger charge is -2.24. The third-order valence-corrected chi connectivity index (χ3v) is 7.27. The fourth-order valence-corrected chi connectivity index (χ4v) is 5.03. The average molecular weight is 402 g/mol. The first-order chi connectivity index (χ1) is 13.4. The quantitative estimate of drug-likeness (QED) is 0.681. The van der Waals surface area contributed by atoms with E-state index in [1.54, 1.807) is 31.5 Å². The van der Waals surface area contributed by atoms with E-state index in [1.165, 1.54) is 10.4 Å². The van der Waals surface area contributed by atoms with Gasteiger partial charge in [0.25, 0.3) is 5.91 Å². The standard InChI is InChI=1S/C21H27N3O3S/c1-4-23(5-2)28(26,27)20-13-18(9-8-16(20)3)21(25)24(19-10-11-19)15-17-7-6-12-22-14-17/h6-9,12-14,19H,4-5,10-11,15H2,1-3H3. The molecular formula is C21H27N3O3S. The van der Waals surface area contributed by atoms with E-state index in [0.717, 1.165) is 18.4 Å². The largest absolute Gasteiger partial charge is 0.331 e. The first kappa shape index (κ1) is 20.5. The highest BCUT2D eigenvalue weighted by Gasteiger charge is 2.34. The zero-order chi connectivity index (χ0) is 20.3. The Bertz CT molecular complexity index is 937. The summed E-state index contributed by atoms with van der Waals surface area (Å²) in [6.07, 6.45) is 5.41. The summed E-state index contributed by atoms with van der Waals surface area (Å²) in [6, 6.07) is 8.98. The number of carbonyl (C=O) groups excluding carboxylic acids is 1. The van der Waals surface area contributed by atoms with Gasteiger partial charge in [-0.2, -0.15) is 4.31 Å². The smallest absolute Gasteiger partial charge is 0.254 e. The fraction of sp³-hybridized carbons (Fsp3) is 0.429. The fourth-order valence-electron chi connectivity index (χ4n) is 3.32. The number of pyridine rings is 1. The molecule has 3 rings (SSSR count). The van der Waals surface area contributed by atoms with E-state index in [4.69, 9.17) is 0 Å². The number of aromatic nitrogens is 1. The molecule has 0 aliphatic heterocycles. The van der Waals surface area contributed by atoms with Gasteiger partial charge in [-0.1, -0.05) is 26.0 Å². The van der Waals surface area contributed by atoms with Gasteiger partial charge in [-0.25, -0.2) is 8.42 Å². The van der Waals surface area contributed by atoms with Crippen LogP contribution in [0.15, 0.2) is 47.6 Å². The van der Waals surface area contributed by atoms with E-state index in [-0.39, 0.29) is 16.8 Å². The molecule has 1 aliphatic carbocycles. The van der Waals surface area contributed by atoms with E-state index in [2.05, 4.69) is 4.98 Å². The maximum Gasteiger partial charge on any atom is 0.254 e. The van der Waals surface area contributed by atoms with Gasteiger partial charge in [0.15, 0.2) is 0 Å². The van der Waals surface area contributed by atoms with Crippen LogP contribution in [0.2, 0.25) is 0 Å². The second-order valence-corrected chi connectivity index (χ2v) is 9.00. The number of nitrogens with zero attached hydrogens (tertiary/aromatic N) is 3. The average Bonchev–Trinajstić information content (AvgIpc) is 3.52. The third-order valence-electron chi connectivity index (χ3n) is 5.08. The molecule has 28 heavy (non-hydrogen) atoms. The van der Waals surface area contributed by atoms with Crippen LogP contribution in [0.4, 0.5) is 0 Å². The summed E-state index contributed by atoms with van der Waals surface area (Å²) < 4.78 is 27.4. The van der Waals surface area contributed by atoms with E-state index < -0.39 is 10.0 Å². The predicted octanol–water partition coefficient (Wildman–Crippen LogP) is 3.23. The maximum absolute atomic E-state index is 13.2. The van der Waals surface area contributed by atoms with E-state index in [0.29, 0.717) is 30.8 Å². The second kappa shape index (κ2) is 8.41. The Morgan fingerprint density at radius 2 is 1.89 bits per heavy atom. The molecule has 1 aromatic carbocycles. The van der Waals surface area contributed by atoms with Gasteiger partial charge >= 0.3 is 0 Å². The third kappa shape index (κ3) is 4.25. The molecule has 6 nitrogen and oxygen atoms in total. The Kier molecular flexibility index (Phi) is 6.15. The Morgan fingerprint density at radius 1 is 1.18 bits per heavy atom. The molecule has 1 fully saturated rings. The SMILES string of the molecule is CCN(CC)S(=O)(=O)c1cc(C(=O)N(Cc2cccnc2)C2CC2)ccc1C. The molecule has 150 valence electrons. The van der Waals surface area contributed by atoms with Crippen molar-refractivity contribution in [1.29, 1.82) is 0 Å². The Morgan fingerprint density at radius 3 is 2.46 bits per heavy atom. The summed E-state index contributed by atoms with van der Waals surface area (Å²) in [6.45, 7) is 6.65. The van der Waals surface area contributed by atoms with Crippen LogP contribution in [0.25, 0.3) is 0 Å². The van der Waals surface area contributed by atoms with Crippen LogP contribution in [-0.2, 0) is 16.6 Å². The first-order valence-corrected chi connectivity index (χ1v) is 11.1. The van der Waals surface area contributed by atoms with Crippen molar-refractivity contribution in [2.24, 2.45) is 0 Å². The van der Waals surface area contributed by atoms with Crippen LogP contribution in [0, 0.1) is 6.92 Å². The normalized spacial score (nSPS) is 14.3. The predicted molar refractivity (Wildman–Crippen MR) is 108 cm³/mol. The summed E-state index contributed by atoms with van der Waals surface area (Å²) >= 11 is 0. The summed E-state index contributed by atoms with van der Waals surface area (Å²) in [5, 5.41) is 0. The Balaban J connectivity index is 1.93. The van der Waals surface area contributed by atoms with Gasteiger partial charge in [-0.3, -0.25) is 9.78 Å². The molecule has 0 bridgehead atoms. The maximum atomic E-state index is 13.2. The summed E-state index contributed by atoms with van der Waals surface area (Å²) in [7, 11) is -3.62. The lowest BCUT2D eigenvalue weighted by Crippen LogP contribution is -2.34. The van der Waals surface area contributed by atoms with Crippen molar-refractivity contribution >= 4 is 15.9 Å². The highest BCUT2D eigenvalue weighted by molar-refractivity contribution is 7.89. The molecule has 0 atom stereocenters. The highest BCUT2D eigenvalue weighted by atomic mass is 32.2. The van der Waals surface area contributed by atoms with E-state index >= 15 is 0 Å². The van der Waals surface area contributed by atoms with Crippen LogP contribution < -0.4 is 0 Å². The zero-order valence-electron chi connectivity index (χ0n) is 16.6. The van der Waals surface area contributed by atoms with Crippen LogP contribution in [-0.4, -0.2) is 47.6 Å². The molecule has 0 radical (unpaired) electrons. The molecule has 0 spiro atoms. The van der Waals surface area contributed by atoms with Crippen LogP contribution in [0.5, 0.6) is 0 Å². The van der Waals surface area contributed by atoms with E-state index in [1.807, 2.05) is 30.9 Å². The minimum Gasteiger partial charge on any atom is -0.331 e. The van der Waals surface area contributed by atoms with Crippen LogP contribution >= 0.6 is 0 Å². The number of sulfonamides is 1. The molecule has 0 N–H and O–H groups in total. The van der Waals surface area contributed by atoms with Crippen molar-refractivity contribution in [3.05, 3.63) is 59.4 Å². The van der Waals surface area contributed by atoms with Gasteiger partial charge in [-0.05, 0) is 49.1 Å². The molecule has 1 amide bonds. The lowest BCUT2D eigenvalue weighted by atomic mass is 10.1. The lowest BCUT2D eigenvalue weighted by molar-refractivity contribution is 0.0729. The topological polar surface area (TPSA) is 70.6 Å². The van der Waals surface area contributed by atoms with E-state index in [9.17, 15) is 13.2 Å². The number of rotatable bonds is 8. The zero-order valence-corrected chi connectivity index (χ0v) is 17.4. The Hall–Kier alpha value is -2.25. The molecule has 0 unspecified atom stereocenters. The minimum absolute atomic E-state index is 0.137. The van der Waals surface area contributed by atoms with Crippen LogP contribution in [0.1, 0.15) is 48.2 Å². The molecule has 1 heterocycles. The van der Waals surface area contributed by atoms with Gasteiger partial charge in [0.1, 0.15) is 0 Å². The van der Waals surface area contributed by atoms with Crippen molar-refractivity contribution in [2.45, 2.75) is 51.1 Å². The number of aryl methyl sites for hydroxylation is 1. The Labute approximate surface area is 167 Å². The number of carbonyl (C=O) groups is 1. The van der Waals surface area contributed by atoms with Crippen molar-refractivity contribution in [3.8, 4) is 0 Å². The number of benzene rings is 1. The van der Waals surface area contributed by atoms with Crippen molar-refractivity contribution in [3.63, 3.8) is 0 Å². The molecule has 2 aromatic rings. The molecular weight excluding hydrogens is 374 g/mol. The van der Waals surface area contributed by atoms with Gasteiger partial charge in [-0.15, -0.1) is 0 Å². The molecule has 1 aliphatic rings. The highest BCUT2D eigenvalue weighted by Crippen LogP contribution is 2.31. The first-order valence-electron chi connectivity index (χ1n) is 9.69. The van der Waals surface area contributed by atoms with Gasteiger partial charge in [0.2, 0.25) is 10.0 Å². The van der Waals surface area contributed by atoms with Crippen molar-refractivity contribution in [2.75, 3.05) is 13.1 Å². The number of amides is 1. The minimum atomic E-state index is -3.62. The summed E-state index contributed by atoms with van der Waals surface area (Å²) in [4.78, 5) is 19.4. The molecule has 1 aromatic heterocycles.